The molecule has 1 aromatic rings. The van der Waals surface area contributed by atoms with Gasteiger partial charge in [-0.25, -0.2) is 0 Å². The Bertz CT molecular complexity index is 319. The number of hydrogen-bond donors (Lipinski definition) is 0. The molecule has 0 saturated carbocycles. The van der Waals surface area contributed by atoms with Gasteiger partial charge in [0, 0.05) is 0 Å². The normalized spacial score (nSPS) is 11.1. The van der Waals surface area contributed by atoms with E-state index in [2.05, 4.69) is 52.0 Å². The van der Waals surface area contributed by atoms with Gasteiger partial charge < -0.3 is 0 Å². The average molecular weight is 174 g/mol. The minimum atomic E-state index is 1.12. The molecule has 0 aliphatic carbocycles. The lowest BCUT2D eigenvalue weighted by molar-refractivity contribution is 1.09. The van der Waals surface area contributed by atoms with Gasteiger partial charge in [-0.15, -0.1) is 0 Å². The van der Waals surface area contributed by atoms with Crippen molar-refractivity contribution < 1.29 is 0 Å². The fourth-order valence-electron chi connectivity index (χ4n) is 1.76. The number of hydrogen-bond acceptors (Lipinski definition) is 0. The lowest BCUT2D eigenvalue weighted by Gasteiger charge is -2.10. The van der Waals surface area contributed by atoms with Crippen molar-refractivity contribution in [2.24, 2.45) is 0 Å². The quantitative estimate of drug-likeness (QED) is 0.638. The highest BCUT2D eigenvalue weighted by atomic mass is 14.1. The van der Waals surface area contributed by atoms with Gasteiger partial charge in [-0.2, -0.15) is 0 Å². The van der Waals surface area contributed by atoms with Crippen LogP contribution < -0.4 is 0 Å². The first kappa shape index (κ1) is 10.0. The summed E-state index contributed by atoms with van der Waals surface area (Å²) in [6, 6.07) is 4.41. The Morgan fingerprint density at radius 3 is 2.31 bits per heavy atom. The molecule has 0 saturated heterocycles. The molecule has 0 heterocycles. The molecule has 0 amide bonds. The van der Waals surface area contributed by atoms with E-state index in [1.807, 2.05) is 0 Å². The van der Waals surface area contributed by atoms with E-state index in [1.165, 1.54) is 22.3 Å². The maximum absolute atomic E-state index is 2.22. The molecule has 0 aromatic heterocycles. The molecule has 70 valence electrons. The van der Waals surface area contributed by atoms with E-state index in [0.717, 1.165) is 6.42 Å². The van der Waals surface area contributed by atoms with E-state index in [1.54, 1.807) is 0 Å². The smallest absolute Gasteiger partial charge is 0.0196 e. The SMILES string of the molecule is C/C=C\c1c(C)ccc(C)c1CC. The summed E-state index contributed by atoms with van der Waals surface area (Å²) < 4.78 is 0. The van der Waals surface area contributed by atoms with Crippen molar-refractivity contribution in [1.82, 2.24) is 0 Å². The van der Waals surface area contributed by atoms with Crippen LogP contribution in [0.2, 0.25) is 0 Å². The van der Waals surface area contributed by atoms with E-state index >= 15 is 0 Å². The molecule has 0 N–H and O–H groups in total. The van der Waals surface area contributed by atoms with Crippen molar-refractivity contribution in [1.29, 1.82) is 0 Å². The van der Waals surface area contributed by atoms with E-state index in [9.17, 15) is 0 Å². The summed E-state index contributed by atoms with van der Waals surface area (Å²) >= 11 is 0. The third-order valence-electron chi connectivity index (χ3n) is 2.50. The van der Waals surface area contributed by atoms with Crippen LogP contribution in [0.1, 0.15) is 36.1 Å². The first-order valence-corrected chi connectivity index (χ1v) is 4.92. The Balaban J connectivity index is 3.34. The molecule has 0 heteroatoms. The average Bonchev–Trinajstić information content (AvgIpc) is 2.12. The molecule has 0 fully saturated rings. The molecule has 1 rings (SSSR count). The zero-order valence-electron chi connectivity index (χ0n) is 9.02. The largest absolute Gasteiger partial charge is 0.0870 e. The van der Waals surface area contributed by atoms with Gasteiger partial charge in [0.25, 0.3) is 0 Å². The summed E-state index contributed by atoms with van der Waals surface area (Å²) in [5, 5.41) is 0. The van der Waals surface area contributed by atoms with Crippen LogP contribution in [0.3, 0.4) is 0 Å². The van der Waals surface area contributed by atoms with Crippen LogP contribution in [0.4, 0.5) is 0 Å². The van der Waals surface area contributed by atoms with Crippen LogP contribution in [0.15, 0.2) is 18.2 Å². The van der Waals surface area contributed by atoms with Crippen molar-refractivity contribution in [3.8, 4) is 0 Å². The van der Waals surface area contributed by atoms with Crippen molar-refractivity contribution in [2.75, 3.05) is 0 Å². The lowest BCUT2D eigenvalue weighted by Crippen LogP contribution is -1.94. The van der Waals surface area contributed by atoms with Crippen molar-refractivity contribution in [3.05, 3.63) is 40.5 Å². The molecule has 0 bridgehead atoms. The summed E-state index contributed by atoms with van der Waals surface area (Å²) in [7, 11) is 0. The van der Waals surface area contributed by atoms with E-state index < -0.39 is 0 Å². The Kier molecular flexibility index (Phi) is 3.30. The van der Waals surface area contributed by atoms with Crippen molar-refractivity contribution in [2.45, 2.75) is 34.1 Å². The molecular formula is C13H18. The van der Waals surface area contributed by atoms with Crippen LogP contribution in [-0.2, 0) is 6.42 Å². The summed E-state index contributed by atoms with van der Waals surface area (Å²) in [6.07, 6.45) is 5.44. The van der Waals surface area contributed by atoms with Gasteiger partial charge in [0.15, 0.2) is 0 Å². The predicted octanol–water partition coefficient (Wildman–Crippen LogP) is 3.90. The number of aryl methyl sites for hydroxylation is 2. The van der Waals surface area contributed by atoms with Crippen LogP contribution in [0, 0.1) is 13.8 Å². The van der Waals surface area contributed by atoms with Crippen LogP contribution in [0.5, 0.6) is 0 Å². The minimum absolute atomic E-state index is 1.12. The zero-order valence-corrected chi connectivity index (χ0v) is 9.02. The van der Waals surface area contributed by atoms with E-state index in [4.69, 9.17) is 0 Å². The van der Waals surface area contributed by atoms with E-state index in [0.29, 0.717) is 0 Å². The van der Waals surface area contributed by atoms with Gasteiger partial charge in [0.2, 0.25) is 0 Å². The third-order valence-corrected chi connectivity index (χ3v) is 2.50. The Morgan fingerprint density at radius 1 is 1.15 bits per heavy atom. The summed E-state index contributed by atoms with van der Waals surface area (Å²) in [5.41, 5.74) is 5.67. The summed E-state index contributed by atoms with van der Waals surface area (Å²) in [5.74, 6) is 0. The molecule has 1 aromatic carbocycles. The molecule has 0 nitrogen and oxygen atoms in total. The maximum atomic E-state index is 2.22. The van der Waals surface area contributed by atoms with Crippen molar-refractivity contribution >= 4 is 6.08 Å². The number of rotatable bonds is 2. The fourth-order valence-corrected chi connectivity index (χ4v) is 1.76. The zero-order chi connectivity index (χ0) is 9.84. The van der Waals surface area contributed by atoms with Gasteiger partial charge in [0.05, 0.1) is 0 Å². The van der Waals surface area contributed by atoms with Gasteiger partial charge in [-0.3, -0.25) is 0 Å². The first-order valence-electron chi connectivity index (χ1n) is 4.92. The number of allylic oxidation sites excluding steroid dienone is 1. The summed E-state index contributed by atoms with van der Waals surface area (Å²) in [4.78, 5) is 0. The highest BCUT2D eigenvalue weighted by Gasteiger charge is 2.03. The highest BCUT2D eigenvalue weighted by molar-refractivity contribution is 5.59. The second kappa shape index (κ2) is 4.27. The monoisotopic (exact) mass is 174 g/mol. The Labute approximate surface area is 81.3 Å². The third kappa shape index (κ3) is 2.00. The molecular weight excluding hydrogens is 156 g/mol. The van der Waals surface area contributed by atoms with Crippen molar-refractivity contribution in [3.63, 3.8) is 0 Å². The Morgan fingerprint density at radius 2 is 1.77 bits per heavy atom. The molecule has 0 unspecified atom stereocenters. The van der Waals surface area contributed by atoms with Gasteiger partial charge in [-0.05, 0) is 49.4 Å². The minimum Gasteiger partial charge on any atom is -0.0870 e. The van der Waals surface area contributed by atoms with Crippen LogP contribution >= 0.6 is 0 Å². The second-order valence-corrected chi connectivity index (χ2v) is 3.45. The Hall–Kier alpha value is -1.04. The van der Waals surface area contributed by atoms with Crippen LogP contribution in [-0.4, -0.2) is 0 Å². The fraction of sp³-hybridized carbons (Fsp3) is 0.385. The molecule has 0 spiro atoms. The summed E-state index contributed by atoms with van der Waals surface area (Å²) in [6.45, 7) is 8.65. The molecule has 0 aliphatic rings. The predicted molar refractivity (Wildman–Crippen MR) is 60.0 cm³/mol. The van der Waals surface area contributed by atoms with Gasteiger partial charge in [0.1, 0.15) is 0 Å². The topological polar surface area (TPSA) is 0 Å². The number of benzene rings is 1. The molecule has 13 heavy (non-hydrogen) atoms. The van der Waals surface area contributed by atoms with Gasteiger partial charge in [-0.1, -0.05) is 31.2 Å². The molecule has 0 radical (unpaired) electrons. The molecule has 0 aliphatic heterocycles. The van der Waals surface area contributed by atoms with E-state index in [-0.39, 0.29) is 0 Å². The lowest BCUT2D eigenvalue weighted by atomic mass is 9.95. The highest BCUT2D eigenvalue weighted by Crippen LogP contribution is 2.20. The van der Waals surface area contributed by atoms with Crippen LogP contribution in [0.25, 0.3) is 6.08 Å². The second-order valence-electron chi connectivity index (χ2n) is 3.45. The first-order chi connectivity index (χ1) is 6.20. The molecule has 0 atom stereocenters. The standard InChI is InChI=1S/C13H18/c1-5-7-13-11(4)9-8-10(3)12(13)6-2/h5,7-9H,6H2,1-4H3/b7-5-. The van der Waals surface area contributed by atoms with Gasteiger partial charge >= 0.3 is 0 Å². The maximum Gasteiger partial charge on any atom is -0.0196 e.